The van der Waals surface area contributed by atoms with Crippen molar-refractivity contribution in [3.8, 4) is 5.75 Å². The zero-order chi connectivity index (χ0) is 18.4. The van der Waals surface area contributed by atoms with Crippen molar-refractivity contribution >= 4 is 23.4 Å². The minimum Gasteiger partial charge on any atom is -0.497 e. The molecule has 1 saturated carbocycles. The second-order valence-corrected chi connectivity index (χ2v) is 6.31. The highest BCUT2D eigenvalue weighted by atomic mass is 16.5. The molecule has 0 radical (unpaired) electrons. The van der Waals surface area contributed by atoms with Crippen LogP contribution in [0.15, 0.2) is 54.6 Å². The van der Waals surface area contributed by atoms with E-state index < -0.39 is 12.1 Å². The monoisotopic (exact) mass is 350 g/mol. The van der Waals surface area contributed by atoms with Gasteiger partial charge in [0.1, 0.15) is 5.75 Å². The topological polar surface area (TPSA) is 52.6 Å². The summed E-state index contributed by atoms with van der Waals surface area (Å²) in [6, 6.07) is 16.8. The van der Waals surface area contributed by atoms with Crippen molar-refractivity contribution in [1.82, 2.24) is 0 Å². The third-order valence-corrected chi connectivity index (χ3v) is 4.46. The predicted molar refractivity (Wildman–Crippen MR) is 101 cm³/mol. The summed E-state index contributed by atoms with van der Waals surface area (Å²) in [7, 11) is 1.60. The van der Waals surface area contributed by atoms with E-state index in [4.69, 9.17) is 9.47 Å². The number of rotatable bonds is 5. The molecule has 0 amide bonds. The number of ether oxygens (including phenoxy) is 2. The van der Waals surface area contributed by atoms with Crippen molar-refractivity contribution in [3.63, 3.8) is 0 Å². The summed E-state index contributed by atoms with van der Waals surface area (Å²) in [4.78, 5) is 24.9. The van der Waals surface area contributed by atoms with E-state index in [1.54, 1.807) is 13.2 Å². The number of esters is 1. The molecule has 2 aromatic carbocycles. The zero-order valence-electron chi connectivity index (χ0n) is 14.8. The molecule has 4 nitrogen and oxygen atoms in total. The smallest absolute Gasteiger partial charge is 0.339 e. The van der Waals surface area contributed by atoms with Gasteiger partial charge in [-0.15, -0.1) is 0 Å². The molecule has 0 aliphatic heterocycles. The largest absolute Gasteiger partial charge is 0.497 e. The standard InChI is InChI=1S/C22H22O4/c1-25-18-11-7-8-16(14-18)15-19(17-9-3-2-4-10-17)22(24)26-21-13-6-5-12-20(21)23/h2-4,7-11,14-15,21H,5-6,12-13H2,1H3/b19-15+. The van der Waals surface area contributed by atoms with Gasteiger partial charge in [-0.3, -0.25) is 4.79 Å². The zero-order valence-corrected chi connectivity index (χ0v) is 14.8. The molecule has 1 atom stereocenters. The van der Waals surface area contributed by atoms with Gasteiger partial charge in [0, 0.05) is 6.42 Å². The van der Waals surface area contributed by atoms with Crippen LogP contribution in [-0.2, 0) is 14.3 Å². The minimum absolute atomic E-state index is 0.0124. The first kappa shape index (κ1) is 17.9. The molecule has 26 heavy (non-hydrogen) atoms. The molecule has 2 aromatic rings. The summed E-state index contributed by atoms with van der Waals surface area (Å²) in [6.07, 6.45) is 4.01. The Morgan fingerprint density at radius 1 is 1.08 bits per heavy atom. The van der Waals surface area contributed by atoms with Gasteiger partial charge < -0.3 is 9.47 Å². The van der Waals surface area contributed by atoms with Gasteiger partial charge in [0.05, 0.1) is 12.7 Å². The lowest BCUT2D eigenvalue weighted by molar-refractivity contribution is -0.151. The molecular formula is C22H22O4. The number of Topliss-reactive ketones (excluding diaryl/α,β-unsaturated/α-hetero) is 1. The van der Waals surface area contributed by atoms with Crippen LogP contribution in [0.2, 0.25) is 0 Å². The van der Waals surface area contributed by atoms with Crippen LogP contribution in [0.5, 0.6) is 5.75 Å². The van der Waals surface area contributed by atoms with Gasteiger partial charge in [-0.25, -0.2) is 4.79 Å². The van der Waals surface area contributed by atoms with E-state index in [2.05, 4.69) is 0 Å². The molecule has 4 heteroatoms. The molecule has 3 rings (SSSR count). The van der Waals surface area contributed by atoms with Crippen LogP contribution in [0.25, 0.3) is 11.6 Å². The number of ketones is 1. The van der Waals surface area contributed by atoms with Crippen LogP contribution < -0.4 is 4.74 Å². The average molecular weight is 350 g/mol. The van der Waals surface area contributed by atoms with E-state index in [0.717, 1.165) is 24.0 Å². The van der Waals surface area contributed by atoms with Crippen LogP contribution in [0, 0.1) is 0 Å². The number of hydrogen-bond acceptors (Lipinski definition) is 4. The van der Waals surface area contributed by atoms with Crippen molar-refractivity contribution in [1.29, 1.82) is 0 Å². The van der Waals surface area contributed by atoms with Crippen LogP contribution in [0.1, 0.15) is 36.8 Å². The molecule has 134 valence electrons. The maximum Gasteiger partial charge on any atom is 0.339 e. The quantitative estimate of drug-likeness (QED) is 0.458. The Hall–Kier alpha value is -2.88. The average Bonchev–Trinajstić information content (AvgIpc) is 2.68. The molecule has 0 aromatic heterocycles. The highest BCUT2D eigenvalue weighted by Gasteiger charge is 2.27. The van der Waals surface area contributed by atoms with Gasteiger partial charge in [-0.1, -0.05) is 42.5 Å². The SMILES string of the molecule is COc1cccc(/C=C(/C(=O)OC2CCCCC2=O)c2ccccc2)c1. The summed E-state index contributed by atoms with van der Waals surface area (Å²) >= 11 is 0. The second-order valence-electron chi connectivity index (χ2n) is 6.31. The van der Waals surface area contributed by atoms with Crippen LogP contribution >= 0.6 is 0 Å². The van der Waals surface area contributed by atoms with Crippen molar-refractivity contribution < 1.29 is 19.1 Å². The molecule has 0 saturated heterocycles. The fourth-order valence-corrected chi connectivity index (χ4v) is 3.04. The van der Waals surface area contributed by atoms with E-state index in [1.165, 1.54) is 0 Å². The summed E-state index contributed by atoms with van der Waals surface area (Å²) in [5, 5.41) is 0. The first-order valence-corrected chi connectivity index (χ1v) is 8.82. The number of methoxy groups -OCH3 is 1. The lowest BCUT2D eigenvalue weighted by atomic mass is 9.96. The molecule has 1 aliphatic carbocycles. The molecule has 0 N–H and O–H groups in total. The Bertz CT molecular complexity index is 808. The number of carbonyl (C=O) groups is 2. The Kier molecular flexibility index (Phi) is 5.84. The van der Waals surface area contributed by atoms with Gasteiger partial charge in [0.2, 0.25) is 0 Å². The molecule has 0 bridgehead atoms. The van der Waals surface area contributed by atoms with Gasteiger partial charge in [0.15, 0.2) is 11.9 Å². The maximum atomic E-state index is 12.8. The summed E-state index contributed by atoms with van der Waals surface area (Å²) in [5.74, 6) is 0.250. The Morgan fingerprint density at radius 3 is 2.62 bits per heavy atom. The van der Waals surface area contributed by atoms with Crippen molar-refractivity contribution in [2.24, 2.45) is 0 Å². The third kappa shape index (κ3) is 4.39. The van der Waals surface area contributed by atoms with E-state index in [-0.39, 0.29) is 5.78 Å². The molecule has 1 unspecified atom stereocenters. The van der Waals surface area contributed by atoms with E-state index >= 15 is 0 Å². The molecular weight excluding hydrogens is 328 g/mol. The molecule has 0 heterocycles. The third-order valence-electron chi connectivity index (χ3n) is 4.46. The van der Waals surface area contributed by atoms with Gasteiger partial charge >= 0.3 is 5.97 Å². The van der Waals surface area contributed by atoms with E-state index in [1.807, 2.05) is 54.6 Å². The number of benzene rings is 2. The van der Waals surface area contributed by atoms with Crippen molar-refractivity contribution in [3.05, 3.63) is 65.7 Å². The van der Waals surface area contributed by atoms with Crippen molar-refractivity contribution in [2.45, 2.75) is 31.8 Å². The fraction of sp³-hybridized carbons (Fsp3) is 0.273. The normalized spacial score (nSPS) is 17.7. The Labute approximate surface area is 153 Å². The molecule has 0 spiro atoms. The highest BCUT2D eigenvalue weighted by molar-refractivity contribution is 6.22. The van der Waals surface area contributed by atoms with Crippen LogP contribution in [0.3, 0.4) is 0 Å². The highest BCUT2D eigenvalue weighted by Crippen LogP contribution is 2.25. The minimum atomic E-state index is -0.631. The lowest BCUT2D eigenvalue weighted by Crippen LogP contribution is -2.30. The molecule has 1 aliphatic rings. The van der Waals surface area contributed by atoms with Gasteiger partial charge in [-0.05, 0) is 48.6 Å². The lowest BCUT2D eigenvalue weighted by Gasteiger charge is -2.21. The summed E-state index contributed by atoms with van der Waals surface area (Å²) in [6.45, 7) is 0. The fourth-order valence-electron chi connectivity index (χ4n) is 3.04. The predicted octanol–water partition coefficient (Wildman–Crippen LogP) is 4.29. The van der Waals surface area contributed by atoms with Crippen LogP contribution in [0.4, 0.5) is 0 Å². The number of carbonyl (C=O) groups excluding carboxylic acids is 2. The van der Waals surface area contributed by atoms with Crippen molar-refractivity contribution in [2.75, 3.05) is 7.11 Å². The Balaban J connectivity index is 1.91. The first-order chi connectivity index (χ1) is 12.7. The Morgan fingerprint density at radius 2 is 1.88 bits per heavy atom. The molecule has 1 fully saturated rings. The van der Waals surface area contributed by atoms with Gasteiger partial charge in [-0.2, -0.15) is 0 Å². The van der Waals surface area contributed by atoms with E-state index in [9.17, 15) is 9.59 Å². The second kappa shape index (κ2) is 8.48. The van der Waals surface area contributed by atoms with Crippen LogP contribution in [-0.4, -0.2) is 25.0 Å². The number of hydrogen-bond donors (Lipinski definition) is 0. The summed E-state index contributed by atoms with van der Waals surface area (Å²) < 4.78 is 10.8. The maximum absolute atomic E-state index is 12.8. The summed E-state index contributed by atoms with van der Waals surface area (Å²) in [5.41, 5.74) is 2.01. The van der Waals surface area contributed by atoms with Gasteiger partial charge in [0.25, 0.3) is 0 Å². The first-order valence-electron chi connectivity index (χ1n) is 8.82. The van der Waals surface area contributed by atoms with E-state index in [0.29, 0.717) is 24.2 Å².